The van der Waals surface area contributed by atoms with Crippen LogP contribution in [0.4, 0.5) is 0 Å². The topological polar surface area (TPSA) is 59.1 Å². The first-order valence-electron chi connectivity index (χ1n) is 5.87. The standard InChI is InChI=1S/C14H18N2O/c1-9(2)13(15)14(17)12-8-16-7-10-5-3-4-6-11(10)12/h3-9,13-14,17H,15H2,1-2H3. The SMILES string of the molecule is CC(C)C(N)C(O)c1cncc2ccccc12. The molecule has 1 heterocycles. The first-order valence-corrected chi connectivity index (χ1v) is 5.87. The monoisotopic (exact) mass is 230 g/mol. The summed E-state index contributed by atoms with van der Waals surface area (Å²) < 4.78 is 0. The van der Waals surface area contributed by atoms with Gasteiger partial charge in [-0.1, -0.05) is 38.1 Å². The van der Waals surface area contributed by atoms with Crippen molar-refractivity contribution in [2.45, 2.75) is 26.0 Å². The number of rotatable bonds is 3. The van der Waals surface area contributed by atoms with Crippen molar-refractivity contribution in [1.82, 2.24) is 4.98 Å². The molecule has 1 aromatic carbocycles. The molecule has 17 heavy (non-hydrogen) atoms. The van der Waals surface area contributed by atoms with E-state index in [-0.39, 0.29) is 12.0 Å². The van der Waals surface area contributed by atoms with Crippen LogP contribution < -0.4 is 5.73 Å². The lowest BCUT2D eigenvalue weighted by Gasteiger charge is -2.23. The molecule has 0 radical (unpaired) electrons. The number of aromatic nitrogens is 1. The lowest BCUT2D eigenvalue weighted by atomic mass is 9.92. The van der Waals surface area contributed by atoms with E-state index in [4.69, 9.17) is 5.73 Å². The molecule has 2 aromatic rings. The van der Waals surface area contributed by atoms with Gasteiger partial charge >= 0.3 is 0 Å². The van der Waals surface area contributed by atoms with Crippen LogP contribution >= 0.6 is 0 Å². The van der Waals surface area contributed by atoms with Gasteiger partial charge in [0.15, 0.2) is 0 Å². The minimum atomic E-state index is -0.673. The Morgan fingerprint density at radius 1 is 1.18 bits per heavy atom. The van der Waals surface area contributed by atoms with Crippen molar-refractivity contribution < 1.29 is 5.11 Å². The third-order valence-corrected chi connectivity index (χ3v) is 3.15. The summed E-state index contributed by atoms with van der Waals surface area (Å²) in [7, 11) is 0. The smallest absolute Gasteiger partial charge is 0.0964 e. The number of benzene rings is 1. The van der Waals surface area contributed by atoms with Gasteiger partial charge in [-0.3, -0.25) is 4.98 Å². The van der Waals surface area contributed by atoms with Crippen LogP contribution in [0.1, 0.15) is 25.5 Å². The summed E-state index contributed by atoms with van der Waals surface area (Å²) in [6, 6.07) is 7.62. The summed E-state index contributed by atoms with van der Waals surface area (Å²) in [5.74, 6) is 0.226. The molecule has 1 aromatic heterocycles. The van der Waals surface area contributed by atoms with E-state index in [0.29, 0.717) is 0 Å². The Balaban J connectivity index is 2.48. The second-order valence-electron chi connectivity index (χ2n) is 4.72. The number of pyridine rings is 1. The average molecular weight is 230 g/mol. The molecule has 0 spiro atoms. The number of aliphatic hydroxyl groups is 1. The van der Waals surface area contributed by atoms with E-state index in [1.54, 1.807) is 12.4 Å². The van der Waals surface area contributed by atoms with Crippen LogP contribution in [0.5, 0.6) is 0 Å². The van der Waals surface area contributed by atoms with E-state index >= 15 is 0 Å². The van der Waals surface area contributed by atoms with E-state index in [1.807, 2.05) is 38.1 Å². The molecule has 0 bridgehead atoms. The molecule has 2 unspecified atom stereocenters. The molecule has 0 aliphatic heterocycles. The number of nitrogens with two attached hydrogens (primary N) is 1. The summed E-state index contributed by atoms with van der Waals surface area (Å²) in [5.41, 5.74) is 6.81. The van der Waals surface area contributed by atoms with Gasteiger partial charge in [-0.05, 0) is 11.3 Å². The molecule has 2 rings (SSSR count). The molecule has 0 saturated carbocycles. The molecule has 0 amide bonds. The summed E-state index contributed by atoms with van der Waals surface area (Å²) >= 11 is 0. The number of fused-ring (bicyclic) bond motifs is 1. The predicted molar refractivity (Wildman–Crippen MR) is 69.5 cm³/mol. The maximum atomic E-state index is 10.3. The molecule has 90 valence electrons. The zero-order chi connectivity index (χ0) is 12.4. The highest BCUT2D eigenvalue weighted by Gasteiger charge is 2.21. The van der Waals surface area contributed by atoms with Gasteiger partial charge in [-0.15, -0.1) is 0 Å². The third kappa shape index (κ3) is 2.30. The van der Waals surface area contributed by atoms with Gasteiger partial charge in [0.05, 0.1) is 6.10 Å². The van der Waals surface area contributed by atoms with Gasteiger partial charge < -0.3 is 10.8 Å². The number of nitrogens with zero attached hydrogens (tertiary/aromatic N) is 1. The van der Waals surface area contributed by atoms with Crippen LogP contribution in [-0.2, 0) is 0 Å². The fraction of sp³-hybridized carbons (Fsp3) is 0.357. The quantitative estimate of drug-likeness (QED) is 0.850. The Morgan fingerprint density at radius 2 is 1.88 bits per heavy atom. The Morgan fingerprint density at radius 3 is 2.59 bits per heavy atom. The maximum Gasteiger partial charge on any atom is 0.0964 e. The van der Waals surface area contributed by atoms with Crippen molar-refractivity contribution in [2.75, 3.05) is 0 Å². The van der Waals surface area contributed by atoms with Gasteiger partial charge in [-0.25, -0.2) is 0 Å². The van der Waals surface area contributed by atoms with Crippen LogP contribution in [-0.4, -0.2) is 16.1 Å². The highest BCUT2D eigenvalue weighted by Crippen LogP contribution is 2.26. The maximum absolute atomic E-state index is 10.3. The molecule has 3 nitrogen and oxygen atoms in total. The second-order valence-corrected chi connectivity index (χ2v) is 4.72. The predicted octanol–water partition coefficient (Wildman–Crippen LogP) is 2.25. The summed E-state index contributed by atoms with van der Waals surface area (Å²) in [6.07, 6.45) is 2.83. The first kappa shape index (κ1) is 12.0. The van der Waals surface area contributed by atoms with Gasteiger partial charge in [0.25, 0.3) is 0 Å². The number of aliphatic hydroxyl groups excluding tert-OH is 1. The zero-order valence-electron chi connectivity index (χ0n) is 10.2. The number of hydrogen-bond acceptors (Lipinski definition) is 3. The fourth-order valence-electron chi connectivity index (χ4n) is 1.95. The molecule has 0 saturated heterocycles. The molecule has 2 atom stereocenters. The Bertz CT molecular complexity index is 505. The lowest BCUT2D eigenvalue weighted by molar-refractivity contribution is 0.127. The van der Waals surface area contributed by atoms with Gasteiger partial charge in [0, 0.05) is 29.4 Å². The van der Waals surface area contributed by atoms with Crippen molar-refractivity contribution in [3.63, 3.8) is 0 Å². The Hall–Kier alpha value is -1.45. The second kappa shape index (κ2) is 4.82. The van der Waals surface area contributed by atoms with E-state index < -0.39 is 6.10 Å². The summed E-state index contributed by atoms with van der Waals surface area (Å²) in [5, 5.41) is 12.3. The Kier molecular flexibility index (Phi) is 3.41. The van der Waals surface area contributed by atoms with Gasteiger partial charge in [0.1, 0.15) is 0 Å². The van der Waals surface area contributed by atoms with Crippen molar-refractivity contribution in [3.05, 3.63) is 42.2 Å². The third-order valence-electron chi connectivity index (χ3n) is 3.15. The summed E-state index contributed by atoms with van der Waals surface area (Å²) in [4.78, 5) is 4.16. The molecule has 0 aliphatic rings. The van der Waals surface area contributed by atoms with E-state index in [2.05, 4.69) is 4.98 Å². The van der Waals surface area contributed by atoms with E-state index in [1.165, 1.54) is 0 Å². The summed E-state index contributed by atoms with van der Waals surface area (Å²) in [6.45, 7) is 4.01. The van der Waals surface area contributed by atoms with E-state index in [9.17, 15) is 5.11 Å². The minimum Gasteiger partial charge on any atom is -0.387 e. The van der Waals surface area contributed by atoms with Gasteiger partial charge in [-0.2, -0.15) is 0 Å². The van der Waals surface area contributed by atoms with Crippen molar-refractivity contribution in [1.29, 1.82) is 0 Å². The van der Waals surface area contributed by atoms with Gasteiger partial charge in [0.2, 0.25) is 0 Å². The molecule has 3 heteroatoms. The van der Waals surface area contributed by atoms with Crippen molar-refractivity contribution >= 4 is 10.8 Å². The van der Waals surface area contributed by atoms with Crippen molar-refractivity contribution in [2.24, 2.45) is 11.7 Å². The lowest BCUT2D eigenvalue weighted by Crippen LogP contribution is -2.33. The van der Waals surface area contributed by atoms with E-state index in [0.717, 1.165) is 16.3 Å². The fourth-order valence-corrected chi connectivity index (χ4v) is 1.95. The highest BCUT2D eigenvalue weighted by atomic mass is 16.3. The van der Waals surface area contributed by atoms with Crippen LogP contribution in [0.2, 0.25) is 0 Å². The highest BCUT2D eigenvalue weighted by molar-refractivity contribution is 5.84. The first-order chi connectivity index (χ1) is 8.11. The molecule has 3 N–H and O–H groups in total. The Labute approximate surface area is 101 Å². The zero-order valence-corrected chi connectivity index (χ0v) is 10.2. The van der Waals surface area contributed by atoms with Crippen LogP contribution in [0.15, 0.2) is 36.7 Å². The molecule has 0 fully saturated rings. The average Bonchev–Trinajstić information content (AvgIpc) is 2.36. The van der Waals surface area contributed by atoms with Crippen molar-refractivity contribution in [3.8, 4) is 0 Å². The molecule has 0 aliphatic carbocycles. The molecular formula is C14H18N2O. The van der Waals surface area contributed by atoms with Crippen LogP contribution in [0.3, 0.4) is 0 Å². The molecular weight excluding hydrogens is 212 g/mol. The van der Waals surface area contributed by atoms with Crippen LogP contribution in [0, 0.1) is 5.92 Å². The van der Waals surface area contributed by atoms with Crippen LogP contribution in [0.25, 0.3) is 10.8 Å². The normalized spacial score (nSPS) is 15.1. The number of hydrogen-bond donors (Lipinski definition) is 2. The largest absolute Gasteiger partial charge is 0.387 e. The minimum absolute atomic E-state index is 0.226.